The zero-order valence-electron chi connectivity index (χ0n) is 13.3. The molecule has 0 fully saturated rings. The highest BCUT2D eigenvalue weighted by atomic mass is 32.2. The number of hydrogen-bond acceptors (Lipinski definition) is 4. The second-order valence-corrected chi connectivity index (χ2v) is 6.53. The minimum absolute atomic E-state index is 0.0360. The quantitative estimate of drug-likeness (QED) is 0.455. The number of carboxylic acids is 1. The van der Waals surface area contributed by atoms with Crippen LogP contribution in [0.15, 0.2) is 58.3 Å². The van der Waals surface area contributed by atoms with Crippen LogP contribution in [0, 0.1) is 10.1 Å². The highest BCUT2D eigenvalue weighted by molar-refractivity contribution is 7.99. The van der Waals surface area contributed by atoms with Gasteiger partial charge in [0.25, 0.3) is 5.69 Å². The van der Waals surface area contributed by atoms with Crippen molar-refractivity contribution in [1.82, 2.24) is 0 Å². The Morgan fingerprint density at radius 2 is 1.92 bits per heavy atom. The summed E-state index contributed by atoms with van der Waals surface area (Å²) in [6.45, 7) is 4.15. The molecule has 0 aliphatic rings. The Bertz CT molecular complexity index is 799. The summed E-state index contributed by atoms with van der Waals surface area (Å²) in [5.74, 6) is -0.785. The normalized spacial score (nSPS) is 11.1. The summed E-state index contributed by atoms with van der Waals surface area (Å²) in [7, 11) is 0. The van der Waals surface area contributed by atoms with Crippen LogP contribution < -0.4 is 0 Å². The third-order valence-electron chi connectivity index (χ3n) is 3.36. The van der Waals surface area contributed by atoms with E-state index in [4.69, 9.17) is 5.11 Å². The smallest absolute Gasteiger partial charge is 0.328 e. The summed E-state index contributed by atoms with van der Waals surface area (Å²) in [5, 5.41) is 20.0. The molecule has 0 unspecified atom stereocenters. The van der Waals surface area contributed by atoms with Crippen molar-refractivity contribution in [3.63, 3.8) is 0 Å². The summed E-state index contributed by atoms with van der Waals surface area (Å²) >= 11 is 1.35. The molecule has 0 saturated carbocycles. The van der Waals surface area contributed by atoms with Crippen molar-refractivity contribution in [3.05, 3.63) is 69.8 Å². The van der Waals surface area contributed by atoms with Gasteiger partial charge in [0, 0.05) is 17.0 Å². The standard InChI is InChI=1S/C18H17NO4S/c1-12(2)14-5-3-4-6-16(14)24-17-9-7-13(8-10-18(20)21)11-15(17)19(22)23/h3-12H,1-2H3,(H,20,21). The van der Waals surface area contributed by atoms with Crippen LogP contribution in [0.2, 0.25) is 0 Å². The molecule has 6 heteroatoms. The summed E-state index contributed by atoms with van der Waals surface area (Å²) < 4.78 is 0. The second-order valence-electron chi connectivity index (χ2n) is 5.45. The van der Waals surface area contributed by atoms with Gasteiger partial charge in [0.05, 0.1) is 9.82 Å². The first kappa shape index (κ1) is 17.7. The molecule has 124 valence electrons. The molecule has 0 bridgehead atoms. The molecule has 0 aliphatic heterocycles. The maximum Gasteiger partial charge on any atom is 0.328 e. The molecule has 0 spiro atoms. The van der Waals surface area contributed by atoms with Crippen LogP contribution in [0.5, 0.6) is 0 Å². The van der Waals surface area contributed by atoms with Gasteiger partial charge in [-0.15, -0.1) is 0 Å². The molecule has 0 amide bonds. The van der Waals surface area contributed by atoms with E-state index in [1.165, 1.54) is 23.9 Å². The Kier molecular flexibility index (Phi) is 5.76. The van der Waals surface area contributed by atoms with Crippen molar-refractivity contribution >= 4 is 29.5 Å². The second kappa shape index (κ2) is 7.79. The van der Waals surface area contributed by atoms with Crippen molar-refractivity contribution in [2.45, 2.75) is 29.6 Å². The predicted octanol–water partition coefficient (Wildman–Crippen LogP) is 4.97. The summed E-state index contributed by atoms with van der Waals surface area (Å²) in [4.78, 5) is 23.0. The number of nitro groups is 1. The highest BCUT2D eigenvalue weighted by Gasteiger charge is 2.17. The summed E-state index contributed by atoms with van der Waals surface area (Å²) in [6.07, 6.45) is 2.30. The van der Waals surface area contributed by atoms with Crippen LogP contribution in [0.1, 0.15) is 30.9 Å². The lowest BCUT2D eigenvalue weighted by Gasteiger charge is -2.12. The molecule has 2 rings (SSSR count). The zero-order chi connectivity index (χ0) is 17.7. The lowest BCUT2D eigenvalue weighted by atomic mass is 10.0. The van der Waals surface area contributed by atoms with Crippen LogP contribution in [0.3, 0.4) is 0 Å². The minimum atomic E-state index is -1.10. The number of benzene rings is 2. The van der Waals surface area contributed by atoms with E-state index in [1.807, 2.05) is 24.3 Å². The third kappa shape index (κ3) is 4.45. The molecule has 0 aliphatic carbocycles. The van der Waals surface area contributed by atoms with E-state index in [1.54, 1.807) is 12.1 Å². The fraction of sp³-hybridized carbons (Fsp3) is 0.167. The van der Waals surface area contributed by atoms with Crippen molar-refractivity contribution in [2.75, 3.05) is 0 Å². The van der Waals surface area contributed by atoms with Gasteiger partial charge < -0.3 is 5.11 Å². The molecule has 0 radical (unpaired) electrons. The highest BCUT2D eigenvalue weighted by Crippen LogP contribution is 2.38. The van der Waals surface area contributed by atoms with Gasteiger partial charge in [0.15, 0.2) is 0 Å². The monoisotopic (exact) mass is 343 g/mol. The first-order chi connectivity index (χ1) is 11.4. The van der Waals surface area contributed by atoms with Gasteiger partial charge >= 0.3 is 5.97 Å². The van der Waals surface area contributed by atoms with Gasteiger partial charge in [0.1, 0.15) is 0 Å². The molecule has 24 heavy (non-hydrogen) atoms. The maximum absolute atomic E-state index is 11.4. The predicted molar refractivity (Wildman–Crippen MR) is 94.4 cm³/mol. The number of rotatable bonds is 6. The van der Waals surface area contributed by atoms with Crippen molar-refractivity contribution in [1.29, 1.82) is 0 Å². The average Bonchev–Trinajstić information content (AvgIpc) is 2.53. The lowest BCUT2D eigenvalue weighted by Crippen LogP contribution is -1.94. The Morgan fingerprint density at radius 3 is 2.54 bits per heavy atom. The molecule has 2 aromatic rings. The number of nitrogens with zero attached hydrogens (tertiary/aromatic N) is 1. The summed E-state index contributed by atoms with van der Waals surface area (Å²) in [6, 6.07) is 12.5. The number of aliphatic carboxylic acids is 1. The van der Waals surface area contributed by atoms with Gasteiger partial charge in [0.2, 0.25) is 0 Å². The van der Waals surface area contributed by atoms with E-state index in [0.717, 1.165) is 16.5 Å². The largest absolute Gasteiger partial charge is 0.478 e. The van der Waals surface area contributed by atoms with E-state index < -0.39 is 10.9 Å². The van der Waals surface area contributed by atoms with Crippen LogP contribution in [0.4, 0.5) is 5.69 Å². The Morgan fingerprint density at radius 1 is 1.21 bits per heavy atom. The van der Waals surface area contributed by atoms with E-state index in [0.29, 0.717) is 16.4 Å². The fourth-order valence-electron chi connectivity index (χ4n) is 2.20. The van der Waals surface area contributed by atoms with Crippen molar-refractivity contribution in [3.8, 4) is 0 Å². The van der Waals surface area contributed by atoms with E-state index in [2.05, 4.69) is 13.8 Å². The Balaban J connectivity index is 2.40. The zero-order valence-corrected chi connectivity index (χ0v) is 14.1. The molecule has 0 aromatic heterocycles. The van der Waals surface area contributed by atoms with Crippen molar-refractivity contribution < 1.29 is 14.8 Å². The van der Waals surface area contributed by atoms with E-state index in [9.17, 15) is 14.9 Å². The van der Waals surface area contributed by atoms with Crippen LogP contribution >= 0.6 is 11.8 Å². The van der Waals surface area contributed by atoms with Gasteiger partial charge in [-0.2, -0.15) is 0 Å². The third-order valence-corrected chi connectivity index (χ3v) is 4.52. The van der Waals surface area contributed by atoms with Gasteiger partial charge in [-0.25, -0.2) is 4.79 Å². The fourth-order valence-corrected chi connectivity index (χ4v) is 3.38. The van der Waals surface area contributed by atoms with Crippen LogP contribution in [0.25, 0.3) is 6.08 Å². The number of carboxylic acid groups (broad SMARTS) is 1. The van der Waals surface area contributed by atoms with E-state index >= 15 is 0 Å². The molecule has 5 nitrogen and oxygen atoms in total. The van der Waals surface area contributed by atoms with Gasteiger partial charge in [-0.3, -0.25) is 10.1 Å². The van der Waals surface area contributed by atoms with Crippen LogP contribution in [-0.4, -0.2) is 16.0 Å². The van der Waals surface area contributed by atoms with Gasteiger partial charge in [-0.05, 0) is 35.3 Å². The molecular weight excluding hydrogens is 326 g/mol. The molecule has 0 heterocycles. The van der Waals surface area contributed by atoms with Crippen LogP contribution in [-0.2, 0) is 4.79 Å². The number of hydrogen-bond donors (Lipinski definition) is 1. The minimum Gasteiger partial charge on any atom is -0.478 e. The Hall–Kier alpha value is -2.60. The van der Waals surface area contributed by atoms with E-state index in [-0.39, 0.29) is 5.69 Å². The van der Waals surface area contributed by atoms with Gasteiger partial charge in [-0.1, -0.05) is 49.9 Å². The average molecular weight is 343 g/mol. The molecule has 0 atom stereocenters. The lowest BCUT2D eigenvalue weighted by molar-refractivity contribution is -0.387. The first-order valence-corrected chi connectivity index (χ1v) is 8.16. The SMILES string of the molecule is CC(C)c1ccccc1Sc1ccc(C=CC(=O)O)cc1[N+](=O)[O-]. The maximum atomic E-state index is 11.4. The molecule has 0 saturated heterocycles. The topological polar surface area (TPSA) is 80.4 Å². The Labute approximate surface area is 144 Å². The number of nitro benzene ring substituents is 1. The summed E-state index contributed by atoms with van der Waals surface area (Å²) in [5.41, 5.74) is 1.57. The molecular formula is C18H17NO4S. The number of carbonyl (C=O) groups is 1. The van der Waals surface area contributed by atoms with Crippen molar-refractivity contribution in [2.24, 2.45) is 0 Å². The molecule has 2 aromatic carbocycles. The first-order valence-electron chi connectivity index (χ1n) is 7.34. The molecule has 1 N–H and O–H groups in total.